The first-order valence-corrected chi connectivity index (χ1v) is 8.45. The van der Waals surface area contributed by atoms with Crippen LogP contribution in [0.5, 0.6) is 0 Å². The molecule has 1 heterocycles. The van der Waals surface area contributed by atoms with Crippen molar-refractivity contribution < 1.29 is 8.42 Å². The number of nitrogens with zero attached hydrogens (tertiary/aromatic N) is 1. The highest BCUT2D eigenvalue weighted by Crippen LogP contribution is 2.39. The van der Waals surface area contributed by atoms with Crippen LogP contribution in [0.15, 0.2) is 0 Å². The molecule has 5 heteroatoms. The van der Waals surface area contributed by atoms with Crippen LogP contribution in [0, 0.1) is 5.92 Å². The first kappa shape index (κ1) is 13.3. The van der Waals surface area contributed by atoms with E-state index < -0.39 is 10.0 Å². The zero-order valence-corrected chi connectivity index (χ0v) is 11.5. The van der Waals surface area contributed by atoms with Gasteiger partial charge in [-0.15, -0.1) is 0 Å². The van der Waals surface area contributed by atoms with Crippen molar-refractivity contribution in [2.24, 2.45) is 11.1 Å². The number of hydrogen-bond acceptors (Lipinski definition) is 3. The average molecular weight is 260 g/mol. The maximum Gasteiger partial charge on any atom is 0.209 e. The maximum atomic E-state index is 10.9. The van der Waals surface area contributed by atoms with E-state index in [1.54, 1.807) is 0 Å². The van der Waals surface area contributed by atoms with Gasteiger partial charge in [-0.05, 0) is 45.1 Å². The molecule has 100 valence electrons. The third kappa shape index (κ3) is 3.42. The van der Waals surface area contributed by atoms with E-state index >= 15 is 0 Å². The van der Waals surface area contributed by atoms with Gasteiger partial charge in [0.2, 0.25) is 10.0 Å². The number of rotatable bonds is 4. The van der Waals surface area contributed by atoms with Gasteiger partial charge in [0, 0.05) is 12.1 Å². The van der Waals surface area contributed by atoms with Crippen LogP contribution in [-0.4, -0.2) is 37.7 Å². The molecule has 0 spiro atoms. The lowest BCUT2D eigenvalue weighted by atomic mass is 9.85. The summed E-state index contributed by atoms with van der Waals surface area (Å²) in [6.07, 6.45) is 7.33. The molecule has 0 bridgehead atoms. The van der Waals surface area contributed by atoms with Gasteiger partial charge in [0.15, 0.2) is 0 Å². The maximum absolute atomic E-state index is 10.9. The summed E-state index contributed by atoms with van der Waals surface area (Å²) in [6, 6.07) is 1.32. The molecule has 1 saturated heterocycles. The molecule has 2 rings (SSSR count). The Hall–Kier alpha value is -0.130. The molecule has 1 aliphatic carbocycles. The molecule has 17 heavy (non-hydrogen) atoms. The lowest BCUT2D eigenvalue weighted by molar-refractivity contribution is 0.157. The summed E-state index contributed by atoms with van der Waals surface area (Å²) in [5.74, 6) is 0.974. The summed E-state index contributed by atoms with van der Waals surface area (Å²) < 4.78 is 21.9. The minimum Gasteiger partial charge on any atom is -0.297 e. The monoisotopic (exact) mass is 260 g/mol. The summed E-state index contributed by atoms with van der Waals surface area (Å²) in [5, 5.41) is 5.04. The molecule has 1 aliphatic heterocycles. The van der Waals surface area contributed by atoms with Gasteiger partial charge in [0.1, 0.15) is 0 Å². The van der Waals surface area contributed by atoms with Gasteiger partial charge in [0.25, 0.3) is 0 Å². The summed E-state index contributed by atoms with van der Waals surface area (Å²) in [6.45, 7) is 3.16. The molecule has 3 atom stereocenters. The first-order chi connectivity index (χ1) is 7.97. The fourth-order valence-electron chi connectivity index (χ4n) is 3.63. The van der Waals surface area contributed by atoms with Gasteiger partial charge in [-0.25, -0.2) is 13.6 Å². The van der Waals surface area contributed by atoms with Crippen molar-refractivity contribution in [1.29, 1.82) is 0 Å². The smallest absolute Gasteiger partial charge is 0.209 e. The van der Waals surface area contributed by atoms with Crippen molar-refractivity contribution in [3.8, 4) is 0 Å². The number of fused-ring (bicyclic) bond motifs is 1. The third-order valence-corrected chi connectivity index (χ3v) is 5.21. The van der Waals surface area contributed by atoms with Crippen LogP contribution in [0.1, 0.15) is 45.4 Å². The first-order valence-electron chi connectivity index (χ1n) is 6.73. The standard InChI is InChI=1S/C12H24N2O2S/c1-10-9-11-5-2-3-6-12(11)14(10)7-4-8-17(13,15)16/h10-12H,2-9H2,1H3,(H2,13,15,16)/t10-,11+,12+/m1/s1. The predicted octanol–water partition coefficient (Wildman–Crippen LogP) is 1.32. The molecule has 4 nitrogen and oxygen atoms in total. The molecule has 0 amide bonds. The van der Waals surface area contributed by atoms with Crippen LogP contribution in [0.2, 0.25) is 0 Å². The molecule has 0 aromatic rings. The van der Waals surface area contributed by atoms with E-state index in [2.05, 4.69) is 11.8 Å². The van der Waals surface area contributed by atoms with Crippen molar-refractivity contribution in [3.63, 3.8) is 0 Å². The Morgan fingerprint density at radius 1 is 1.29 bits per heavy atom. The second-order valence-electron chi connectivity index (χ2n) is 5.65. The molecule has 0 aromatic heterocycles. The lowest BCUT2D eigenvalue weighted by Gasteiger charge is -2.33. The average Bonchev–Trinajstić information content (AvgIpc) is 2.54. The van der Waals surface area contributed by atoms with E-state index in [9.17, 15) is 8.42 Å². The number of hydrogen-bond donors (Lipinski definition) is 1. The minimum atomic E-state index is -3.29. The van der Waals surface area contributed by atoms with Crippen molar-refractivity contribution in [2.45, 2.75) is 57.5 Å². The number of likely N-dealkylation sites (tertiary alicyclic amines) is 1. The Morgan fingerprint density at radius 3 is 2.71 bits per heavy atom. The van der Waals surface area contributed by atoms with Crippen LogP contribution >= 0.6 is 0 Å². The molecule has 0 aromatic carbocycles. The van der Waals surface area contributed by atoms with Gasteiger partial charge in [-0.1, -0.05) is 12.8 Å². The summed E-state index contributed by atoms with van der Waals surface area (Å²) in [5.41, 5.74) is 0. The van der Waals surface area contributed by atoms with E-state index in [1.807, 2.05) is 0 Å². The van der Waals surface area contributed by atoms with E-state index in [1.165, 1.54) is 32.1 Å². The van der Waals surface area contributed by atoms with Crippen molar-refractivity contribution in [3.05, 3.63) is 0 Å². The fourth-order valence-corrected chi connectivity index (χ4v) is 4.17. The fraction of sp³-hybridized carbons (Fsp3) is 1.00. The van der Waals surface area contributed by atoms with Crippen molar-refractivity contribution in [2.75, 3.05) is 12.3 Å². The van der Waals surface area contributed by atoms with Gasteiger partial charge in [0.05, 0.1) is 5.75 Å². The molecule has 0 radical (unpaired) electrons. The minimum absolute atomic E-state index is 0.119. The van der Waals surface area contributed by atoms with Crippen LogP contribution < -0.4 is 5.14 Å². The molecular weight excluding hydrogens is 236 g/mol. The van der Waals surface area contributed by atoms with E-state index in [4.69, 9.17) is 5.14 Å². The molecule has 1 saturated carbocycles. The van der Waals surface area contributed by atoms with E-state index in [0.717, 1.165) is 12.5 Å². The van der Waals surface area contributed by atoms with Gasteiger partial charge >= 0.3 is 0 Å². The molecule has 2 fully saturated rings. The largest absolute Gasteiger partial charge is 0.297 e. The van der Waals surface area contributed by atoms with E-state index in [-0.39, 0.29) is 5.75 Å². The molecule has 2 aliphatic rings. The highest BCUT2D eigenvalue weighted by atomic mass is 32.2. The van der Waals surface area contributed by atoms with Gasteiger partial charge in [-0.2, -0.15) is 0 Å². The van der Waals surface area contributed by atoms with Crippen LogP contribution in [0.25, 0.3) is 0 Å². The number of sulfonamides is 1. The van der Waals surface area contributed by atoms with Crippen LogP contribution in [-0.2, 0) is 10.0 Å². The highest BCUT2D eigenvalue weighted by Gasteiger charge is 2.39. The van der Waals surface area contributed by atoms with Crippen molar-refractivity contribution >= 4 is 10.0 Å². The third-order valence-electron chi connectivity index (χ3n) is 4.35. The highest BCUT2D eigenvalue weighted by molar-refractivity contribution is 7.89. The quantitative estimate of drug-likeness (QED) is 0.829. The Morgan fingerprint density at radius 2 is 2.00 bits per heavy atom. The SMILES string of the molecule is C[C@@H]1C[C@@H]2CCCC[C@@H]2N1CCCS(N)(=O)=O. The Labute approximate surface area is 105 Å². The molecule has 2 N–H and O–H groups in total. The summed E-state index contributed by atoms with van der Waals surface area (Å²) >= 11 is 0. The van der Waals surface area contributed by atoms with E-state index in [0.29, 0.717) is 18.5 Å². The lowest BCUT2D eigenvalue weighted by Crippen LogP contribution is -2.39. The van der Waals surface area contributed by atoms with Gasteiger partial charge in [-0.3, -0.25) is 4.90 Å². The second kappa shape index (κ2) is 5.24. The Balaban J connectivity index is 1.87. The van der Waals surface area contributed by atoms with Gasteiger partial charge < -0.3 is 0 Å². The number of primary sulfonamides is 1. The van der Waals surface area contributed by atoms with Crippen LogP contribution in [0.4, 0.5) is 0 Å². The number of nitrogens with two attached hydrogens (primary N) is 1. The zero-order chi connectivity index (χ0) is 12.5. The summed E-state index contributed by atoms with van der Waals surface area (Å²) in [7, 11) is -3.29. The van der Waals surface area contributed by atoms with Crippen LogP contribution in [0.3, 0.4) is 0 Å². The molecular formula is C12H24N2O2S. The Kier molecular flexibility index (Phi) is 4.10. The summed E-state index contributed by atoms with van der Waals surface area (Å²) in [4.78, 5) is 2.52. The van der Waals surface area contributed by atoms with Crippen molar-refractivity contribution in [1.82, 2.24) is 4.90 Å². The zero-order valence-electron chi connectivity index (χ0n) is 10.6. The Bertz CT molecular complexity index is 356. The second-order valence-corrected chi connectivity index (χ2v) is 7.39. The topological polar surface area (TPSA) is 63.4 Å². The molecule has 0 unspecified atom stereocenters. The normalized spacial score (nSPS) is 34.8. The predicted molar refractivity (Wildman–Crippen MR) is 69.1 cm³/mol.